The fraction of sp³-hybridized carbons (Fsp3) is 0.400. The van der Waals surface area contributed by atoms with Crippen molar-refractivity contribution in [2.24, 2.45) is 12.8 Å². The van der Waals surface area contributed by atoms with Crippen molar-refractivity contribution in [1.29, 1.82) is 0 Å². The van der Waals surface area contributed by atoms with Crippen molar-refractivity contribution in [2.75, 3.05) is 0 Å². The largest absolute Gasteiger partial charge is 0.327 e. The molecule has 0 aliphatic carbocycles. The van der Waals surface area contributed by atoms with E-state index in [9.17, 15) is 0 Å². The van der Waals surface area contributed by atoms with Gasteiger partial charge in [-0.15, -0.1) is 0 Å². The summed E-state index contributed by atoms with van der Waals surface area (Å²) in [5.74, 6) is 0. The minimum absolute atomic E-state index is 0.140. The Morgan fingerprint density at radius 3 is 2.56 bits per heavy atom. The lowest BCUT2D eigenvalue weighted by atomic mass is 9.99. The fourth-order valence-electron chi connectivity index (χ4n) is 2.32. The van der Waals surface area contributed by atoms with Gasteiger partial charge in [0.05, 0.1) is 5.69 Å². The number of benzene rings is 1. The van der Waals surface area contributed by atoms with Gasteiger partial charge in [-0.25, -0.2) is 0 Å². The van der Waals surface area contributed by atoms with E-state index in [0.29, 0.717) is 0 Å². The van der Waals surface area contributed by atoms with Crippen molar-refractivity contribution < 1.29 is 0 Å². The standard InChI is InChI=1S/C15H21N3/c1-11-6-4-5-7-13(11)9-14(16)10-15-8-12(2)17-18(15)3/h4-8,14H,9-10,16H2,1-3H3. The smallest absolute Gasteiger partial charge is 0.0596 e. The van der Waals surface area contributed by atoms with Gasteiger partial charge in [0.15, 0.2) is 0 Å². The van der Waals surface area contributed by atoms with Gasteiger partial charge in [-0.2, -0.15) is 5.10 Å². The molecular weight excluding hydrogens is 222 g/mol. The molecule has 1 unspecified atom stereocenters. The van der Waals surface area contributed by atoms with Crippen molar-refractivity contribution in [1.82, 2.24) is 9.78 Å². The summed E-state index contributed by atoms with van der Waals surface area (Å²) < 4.78 is 1.92. The maximum absolute atomic E-state index is 6.24. The molecule has 0 saturated heterocycles. The Kier molecular flexibility index (Phi) is 3.82. The molecule has 3 heteroatoms. The SMILES string of the molecule is Cc1cc(CC(N)Cc2ccccc2C)n(C)n1. The van der Waals surface area contributed by atoms with Crippen molar-refractivity contribution in [3.63, 3.8) is 0 Å². The molecule has 0 spiro atoms. The molecule has 18 heavy (non-hydrogen) atoms. The molecule has 2 rings (SSSR count). The molecule has 0 aliphatic rings. The van der Waals surface area contributed by atoms with Gasteiger partial charge in [-0.3, -0.25) is 4.68 Å². The van der Waals surface area contributed by atoms with Crippen molar-refractivity contribution in [3.8, 4) is 0 Å². The molecule has 0 aliphatic heterocycles. The van der Waals surface area contributed by atoms with Crippen LogP contribution in [0.1, 0.15) is 22.5 Å². The lowest BCUT2D eigenvalue weighted by Crippen LogP contribution is -2.26. The Bertz CT molecular complexity index is 528. The van der Waals surface area contributed by atoms with E-state index in [4.69, 9.17) is 5.73 Å². The molecular formula is C15H21N3. The Hall–Kier alpha value is -1.61. The predicted octanol–water partition coefficient (Wildman–Crippen LogP) is 2.15. The van der Waals surface area contributed by atoms with Crippen LogP contribution in [0.5, 0.6) is 0 Å². The quantitative estimate of drug-likeness (QED) is 0.894. The zero-order valence-electron chi connectivity index (χ0n) is 11.4. The van der Waals surface area contributed by atoms with Gasteiger partial charge >= 0.3 is 0 Å². The first-order valence-electron chi connectivity index (χ1n) is 6.36. The van der Waals surface area contributed by atoms with Crippen molar-refractivity contribution >= 4 is 0 Å². The molecule has 0 amide bonds. The van der Waals surface area contributed by atoms with Gasteiger partial charge < -0.3 is 5.73 Å². The number of nitrogens with zero attached hydrogens (tertiary/aromatic N) is 2. The highest BCUT2D eigenvalue weighted by Gasteiger charge is 2.10. The monoisotopic (exact) mass is 243 g/mol. The van der Waals surface area contributed by atoms with E-state index in [0.717, 1.165) is 18.5 Å². The summed E-state index contributed by atoms with van der Waals surface area (Å²) in [5.41, 5.74) is 11.1. The molecule has 1 atom stereocenters. The molecule has 0 bridgehead atoms. The van der Waals surface area contributed by atoms with Crippen LogP contribution >= 0.6 is 0 Å². The molecule has 0 radical (unpaired) electrons. The third kappa shape index (κ3) is 2.99. The molecule has 1 aromatic carbocycles. The third-order valence-electron chi connectivity index (χ3n) is 3.31. The lowest BCUT2D eigenvalue weighted by molar-refractivity contribution is 0.611. The average molecular weight is 243 g/mol. The van der Waals surface area contributed by atoms with Crippen LogP contribution in [0.15, 0.2) is 30.3 Å². The minimum Gasteiger partial charge on any atom is -0.327 e. The second kappa shape index (κ2) is 5.36. The lowest BCUT2D eigenvalue weighted by Gasteiger charge is -2.13. The molecule has 2 aromatic rings. The van der Waals surface area contributed by atoms with Crippen LogP contribution in [-0.4, -0.2) is 15.8 Å². The van der Waals surface area contributed by atoms with Crippen LogP contribution in [0.25, 0.3) is 0 Å². The van der Waals surface area contributed by atoms with E-state index in [1.165, 1.54) is 16.8 Å². The number of aryl methyl sites for hydroxylation is 3. The summed E-state index contributed by atoms with van der Waals surface area (Å²) >= 11 is 0. The van der Waals surface area contributed by atoms with E-state index < -0.39 is 0 Å². The van der Waals surface area contributed by atoms with Gasteiger partial charge in [-0.05, 0) is 37.5 Å². The maximum Gasteiger partial charge on any atom is 0.0596 e. The number of aromatic nitrogens is 2. The molecule has 2 N–H and O–H groups in total. The van der Waals surface area contributed by atoms with Crippen LogP contribution < -0.4 is 5.73 Å². The number of nitrogens with two attached hydrogens (primary N) is 1. The van der Waals surface area contributed by atoms with Gasteiger partial charge in [0.1, 0.15) is 0 Å². The average Bonchev–Trinajstić information content (AvgIpc) is 2.61. The highest BCUT2D eigenvalue weighted by atomic mass is 15.3. The molecule has 1 aromatic heterocycles. The number of hydrogen-bond acceptors (Lipinski definition) is 2. The van der Waals surface area contributed by atoms with Crippen LogP contribution in [-0.2, 0) is 19.9 Å². The van der Waals surface area contributed by atoms with E-state index in [1.807, 2.05) is 18.7 Å². The first-order valence-corrected chi connectivity index (χ1v) is 6.36. The zero-order chi connectivity index (χ0) is 13.1. The summed E-state index contributed by atoms with van der Waals surface area (Å²) in [6.45, 7) is 4.15. The summed E-state index contributed by atoms with van der Waals surface area (Å²) in [6, 6.07) is 10.7. The van der Waals surface area contributed by atoms with Crippen LogP contribution in [0.4, 0.5) is 0 Å². The van der Waals surface area contributed by atoms with Gasteiger partial charge in [0, 0.05) is 25.2 Å². The zero-order valence-corrected chi connectivity index (χ0v) is 11.4. The Labute approximate surface area is 109 Å². The second-order valence-electron chi connectivity index (χ2n) is 5.00. The van der Waals surface area contributed by atoms with Crippen LogP contribution in [0.2, 0.25) is 0 Å². The molecule has 96 valence electrons. The molecule has 1 heterocycles. The van der Waals surface area contributed by atoms with Crippen LogP contribution in [0.3, 0.4) is 0 Å². The van der Waals surface area contributed by atoms with E-state index in [2.05, 4.69) is 42.4 Å². The van der Waals surface area contributed by atoms with Gasteiger partial charge in [-0.1, -0.05) is 24.3 Å². The van der Waals surface area contributed by atoms with E-state index in [-0.39, 0.29) is 6.04 Å². The summed E-state index contributed by atoms with van der Waals surface area (Å²) in [6.07, 6.45) is 1.78. The summed E-state index contributed by atoms with van der Waals surface area (Å²) in [5, 5.41) is 4.35. The summed E-state index contributed by atoms with van der Waals surface area (Å²) in [4.78, 5) is 0. The Morgan fingerprint density at radius 2 is 1.94 bits per heavy atom. The minimum atomic E-state index is 0.140. The topological polar surface area (TPSA) is 43.8 Å². The Morgan fingerprint density at radius 1 is 1.22 bits per heavy atom. The molecule has 0 fully saturated rings. The summed E-state index contributed by atoms with van der Waals surface area (Å²) in [7, 11) is 1.98. The highest BCUT2D eigenvalue weighted by molar-refractivity contribution is 5.26. The normalized spacial score (nSPS) is 12.7. The van der Waals surface area contributed by atoms with Crippen LogP contribution in [0, 0.1) is 13.8 Å². The van der Waals surface area contributed by atoms with Gasteiger partial charge in [0.25, 0.3) is 0 Å². The first-order chi connectivity index (χ1) is 8.56. The maximum atomic E-state index is 6.24. The second-order valence-corrected chi connectivity index (χ2v) is 5.00. The third-order valence-corrected chi connectivity index (χ3v) is 3.31. The molecule has 3 nitrogen and oxygen atoms in total. The Balaban J connectivity index is 2.03. The molecule has 0 saturated carbocycles. The van der Waals surface area contributed by atoms with E-state index >= 15 is 0 Å². The highest BCUT2D eigenvalue weighted by Crippen LogP contribution is 2.12. The van der Waals surface area contributed by atoms with E-state index in [1.54, 1.807) is 0 Å². The number of rotatable bonds is 4. The van der Waals surface area contributed by atoms with Crippen molar-refractivity contribution in [3.05, 3.63) is 52.8 Å². The number of hydrogen-bond donors (Lipinski definition) is 1. The van der Waals surface area contributed by atoms with Gasteiger partial charge in [0.2, 0.25) is 0 Å². The predicted molar refractivity (Wildman–Crippen MR) is 74.5 cm³/mol. The fourth-order valence-corrected chi connectivity index (χ4v) is 2.32. The van der Waals surface area contributed by atoms with Crippen molar-refractivity contribution in [2.45, 2.75) is 32.7 Å². The first kappa shape index (κ1) is 12.8.